The maximum Gasteiger partial charge on any atom is 0.337 e. The Bertz CT molecular complexity index is 2140. The van der Waals surface area contributed by atoms with E-state index in [9.17, 15) is 14.7 Å². The number of hydrogen-bond acceptors (Lipinski definition) is 7. The third-order valence-corrected chi connectivity index (χ3v) is 11.8. The Labute approximate surface area is 314 Å². The molecule has 0 unspecified atom stereocenters. The van der Waals surface area contributed by atoms with Crippen molar-refractivity contribution in [1.29, 1.82) is 0 Å². The van der Waals surface area contributed by atoms with Crippen molar-refractivity contribution in [3.8, 4) is 21.7 Å². The van der Waals surface area contributed by atoms with Crippen LogP contribution in [0.4, 0.5) is 0 Å². The zero-order valence-corrected chi connectivity index (χ0v) is 32.6. The summed E-state index contributed by atoms with van der Waals surface area (Å²) in [5.74, 6) is -0.448. The van der Waals surface area contributed by atoms with E-state index in [0.717, 1.165) is 93.1 Å². The first-order valence-corrected chi connectivity index (χ1v) is 19.6. The first kappa shape index (κ1) is 36.5. The third kappa shape index (κ3) is 6.98. The lowest BCUT2D eigenvalue weighted by Crippen LogP contribution is -2.62. The Morgan fingerprint density at radius 3 is 2.33 bits per heavy atom. The first-order chi connectivity index (χ1) is 24.7. The van der Waals surface area contributed by atoms with Gasteiger partial charge in [0.15, 0.2) is 6.10 Å². The molecule has 11 heteroatoms. The van der Waals surface area contributed by atoms with Gasteiger partial charge in [-0.25, -0.2) is 9.78 Å². The Balaban J connectivity index is 1.28. The third-order valence-electron chi connectivity index (χ3n) is 10.4. The Morgan fingerprint density at radius 1 is 1.04 bits per heavy atom. The van der Waals surface area contributed by atoms with Gasteiger partial charge >= 0.3 is 5.97 Å². The summed E-state index contributed by atoms with van der Waals surface area (Å²) < 4.78 is 9.26. The van der Waals surface area contributed by atoms with Crippen LogP contribution in [0.1, 0.15) is 95.7 Å². The smallest absolute Gasteiger partial charge is 0.337 e. The van der Waals surface area contributed by atoms with Crippen molar-refractivity contribution in [2.24, 2.45) is 0 Å². The van der Waals surface area contributed by atoms with Crippen LogP contribution in [0.25, 0.3) is 42.8 Å². The minimum atomic E-state index is -1.17. The van der Waals surface area contributed by atoms with Gasteiger partial charge in [0.1, 0.15) is 5.01 Å². The number of likely N-dealkylation sites (tertiary alicyclic amines) is 2. The highest BCUT2D eigenvalue weighted by Gasteiger charge is 2.37. The van der Waals surface area contributed by atoms with Crippen LogP contribution < -0.4 is 0 Å². The van der Waals surface area contributed by atoms with E-state index < -0.39 is 17.7 Å². The minimum absolute atomic E-state index is 0.211. The fourth-order valence-corrected chi connectivity index (χ4v) is 9.05. The topological polar surface area (TPSA) is 101 Å². The number of carbonyl (C=O) groups excluding carboxylic acids is 1. The standard InChI is InChI=1S/C41H48ClN5O4S/c1-8-33(48)46-21-29(22-46)45-17-15-26(16-18-45)36-30-20-27(11-14-32(30)47(44-36)23(2)3)39-43-31-19-24(4)34(37(40(49)50)51-41(5,6)7)35(38(31)52-39)25-9-12-28(42)13-10-25/h9-14,19-20,23,26,29,37H,8,15-18,21-22H2,1-7H3,(H,49,50)/t37-/m0/s1. The molecule has 3 aromatic carbocycles. The lowest BCUT2D eigenvalue weighted by atomic mass is 9.89. The number of aliphatic carboxylic acids is 1. The number of aromatic nitrogens is 3. The summed E-state index contributed by atoms with van der Waals surface area (Å²) in [6.45, 7) is 17.5. The average molecular weight is 742 g/mol. The molecule has 274 valence electrons. The van der Waals surface area contributed by atoms with Crippen molar-refractivity contribution in [1.82, 2.24) is 24.6 Å². The number of nitrogens with zero attached hydrogens (tertiary/aromatic N) is 5. The zero-order chi connectivity index (χ0) is 37.1. The van der Waals surface area contributed by atoms with Crippen LogP contribution in [0.5, 0.6) is 0 Å². The molecule has 0 aliphatic carbocycles. The molecule has 2 aromatic heterocycles. The summed E-state index contributed by atoms with van der Waals surface area (Å²) in [5.41, 5.74) is 6.50. The summed E-state index contributed by atoms with van der Waals surface area (Å²) in [4.78, 5) is 34.6. The molecule has 2 aliphatic heterocycles. The Morgan fingerprint density at radius 2 is 1.71 bits per heavy atom. The van der Waals surface area contributed by atoms with Crippen molar-refractivity contribution in [3.63, 3.8) is 0 Å². The van der Waals surface area contributed by atoms with Gasteiger partial charge < -0.3 is 14.7 Å². The van der Waals surface area contributed by atoms with E-state index in [-0.39, 0.29) is 11.9 Å². The van der Waals surface area contributed by atoms with Crippen molar-refractivity contribution < 1.29 is 19.4 Å². The van der Waals surface area contributed by atoms with Crippen LogP contribution in [-0.2, 0) is 14.3 Å². The lowest BCUT2D eigenvalue weighted by molar-refractivity contribution is -0.160. The molecule has 2 fully saturated rings. The fourth-order valence-electron chi connectivity index (χ4n) is 7.81. The van der Waals surface area contributed by atoms with Gasteiger partial charge in [-0.3, -0.25) is 14.4 Å². The Hall–Kier alpha value is -3.83. The molecule has 0 saturated carbocycles. The number of thiazole rings is 1. The maximum atomic E-state index is 12.8. The number of ether oxygens (including phenoxy) is 1. The van der Waals surface area contributed by atoms with Crippen LogP contribution >= 0.6 is 22.9 Å². The molecule has 5 aromatic rings. The molecule has 0 bridgehead atoms. The van der Waals surface area contributed by atoms with Crippen LogP contribution in [0, 0.1) is 6.92 Å². The van der Waals surface area contributed by atoms with Gasteiger partial charge in [-0.1, -0.05) is 30.7 Å². The van der Waals surface area contributed by atoms with Crippen LogP contribution in [0.3, 0.4) is 0 Å². The van der Waals surface area contributed by atoms with E-state index in [1.807, 2.05) is 69.9 Å². The second kappa shape index (κ2) is 14.2. The van der Waals surface area contributed by atoms with E-state index in [4.69, 9.17) is 26.4 Å². The molecule has 0 radical (unpaired) electrons. The molecule has 4 heterocycles. The zero-order valence-electron chi connectivity index (χ0n) is 31.1. The number of aryl methyl sites for hydroxylation is 1. The molecule has 0 spiro atoms. The maximum absolute atomic E-state index is 12.8. The van der Waals surface area contributed by atoms with E-state index in [1.54, 1.807) is 11.3 Å². The van der Waals surface area contributed by atoms with Gasteiger partial charge in [0.2, 0.25) is 5.91 Å². The molecule has 1 amide bonds. The summed E-state index contributed by atoms with van der Waals surface area (Å²) in [6.07, 6.45) is 1.46. The number of halogens is 1. The highest BCUT2D eigenvalue weighted by Crippen LogP contribution is 2.45. The largest absolute Gasteiger partial charge is 0.479 e. The van der Waals surface area contributed by atoms with Crippen LogP contribution in [0.15, 0.2) is 48.5 Å². The van der Waals surface area contributed by atoms with E-state index in [0.29, 0.717) is 29.0 Å². The van der Waals surface area contributed by atoms with Crippen molar-refractivity contribution >= 4 is 55.9 Å². The number of carboxylic acid groups (broad SMARTS) is 1. The molecule has 9 nitrogen and oxygen atoms in total. The number of hydrogen-bond donors (Lipinski definition) is 1. The molecule has 2 aliphatic rings. The average Bonchev–Trinajstić information content (AvgIpc) is 3.68. The van der Waals surface area contributed by atoms with Gasteiger partial charge in [-0.2, -0.15) is 5.10 Å². The first-order valence-electron chi connectivity index (χ1n) is 18.4. The van der Waals surface area contributed by atoms with E-state index in [1.165, 1.54) is 0 Å². The quantitative estimate of drug-likeness (QED) is 0.161. The number of rotatable bonds is 9. The summed E-state index contributed by atoms with van der Waals surface area (Å²) in [7, 11) is 0. The fraction of sp³-hybridized carbons (Fsp3) is 0.463. The predicted molar refractivity (Wildman–Crippen MR) is 209 cm³/mol. The van der Waals surface area contributed by atoms with Gasteiger partial charge in [0.25, 0.3) is 0 Å². The van der Waals surface area contributed by atoms with Gasteiger partial charge in [0.05, 0.1) is 27.0 Å². The molecular formula is C41H48ClN5O4S. The second-order valence-corrected chi connectivity index (χ2v) is 17.0. The number of fused-ring (bicyclic) bond motifs is 2. The monoisotopic (exact) mass is 741 g/mol. The molecule has 2 saturated heterocycles. The summed E-state index contributed by atoms with van der Waals surface area (Å²) in [6, 6.07) is 16.7. The number of piperidine rings is 1. The van der Waals surface area contributed by atoms with Crippen LogP contribution in [-0.4, -0.2) is 79.4 Å². The SMILES string of the molecule is CCC(=O)N1CC(N2CCC(c3nn(C(C)C)c4ccc(-c5nc6cc(C)c([C@H](OC(C)(C)C)C(=O)O)c(-c7ccc(Cl)cc7)c6s5)cc34)CC2)C1. The number of carbonyl (C=O) groups is 2. The van der Waals surface area contributed by atoms with E-state index in [2.05, 4.69) is 41.6 Å². The van der Waals surface area contributed by atoms with E-state index >= 15 is 0 Å². The van der Waals surface area contributed by atoms with Gasteiger partial charge in [0, 0.05) is 64.6 Å². The molecule has 1 atom stereocenters. The van der Waals surface area contributed by atoms with Crippen molar-refractivity contribution in [3.05, 3.63) is 70.4 Å². The van der Waals surface area contributed by atoms with Crippen molar-refractivity contribution in [2.45, 2.75) is 97.4 Å². The molecule has 7 rings (SSSR count). The number of carboxylic acids is 1. The number of benzene rings is 3. The minimum Gasteiger partial charge on any atom is -0.479 e. The Kier molecular flexibility index (Phi) is 9.97. The second-order valence-electron chi connectivity index (χ2n) is 15.6. The predicted octanol–water partition coefficient (Wildman–Crippen LogP) is 9.26. The molecular weight excluding hydrogens is 694 g/mol. The highest BCUT2D eigenvalue weighted by atomic mass is 35.5. The lowest BCUT2D eigenvalue weighted by Gasteiger charge is -2.47. The number of amides is 1. The normalized spacial score (nSPS) is 17.0. The van der Waals surface area contributed by atoms with Gasteiger partial charge in [-0.15, -0.1) is 11.3 Å². The summed E-state index contributed by atoms with van der Waals surface area (Å²) in [5, 5.41) is 18.3. The van der Waals surface area contributed by atoms with Crippen LogP contribution in [0.2, 0.25) is 5.02 Å². The van der Waals surface area contributed by atoms with Crippen molar-refractivity contribution in [2.75, 3.05) is 26.2 Å². The highest BCUT2D eigenvalue weighted by molar-refractivity contribution is 7.22. The molecule has 52 heavy (non-hydrogen) atoms. The summed E-state index contributed by atoms with van der Waals surface area (Å²) >= 11 is 7.88. The molecule has 1 N–H and O–H groups in total. The van der Waals surface area contributed by atoms with Gasteiger partial charge in [-0.05, 0) is 115 Å².